The first-order chi connectivity index (χ1) is 8.60. The molecule has 0 saturated heterocycles. The van der Waals surface area contributed by atoms with Crippen LogP contribution in [-0.4, -0.2) is 5.11 Å². The zero-order valence-corrected chi connectivity index (χ0v) is 12.0. The third-order valence-corrected chi connectivity index (χ3v) is 4.27. The SMILES string of the molecule is Cc1ccc(Sc2ccc(Cl)cc2CO)c(C)c1. The lowest BCUT2D eigenvalue weighted by molar-refractivity contribution is 0.279. The summed E-state index contributed by atoms with van der Waals surface area (Å²) in [6.07, 6.45) is 0. The maximum Gasteiger partial charge on any atom is 0.0693 e. The molecule has 0 bridgehead atoms. The fourth-order valence-corrected chi connectivity index (χ4v) is 2.98. The van der Waals surface area contributed by atoms with E-state index in [4.69, 9.17) is 11.6 Å². The predicted molar refractivity (Wildman–Crippen MR) is 77.4 cm³/mol. The molecule has 2 aromatic carbocycles. The van der Waals surface area contributed by atoms with Gasteiger partial charge in [0.1, 0.15) is 0 Å². The van der Waals surface area contributed by atoms with Crippen LogP contribution in [0.3, 0.4) is 0 Å². The fourth-order valence-electron chi connectivity index (χ4n) is 1.80. The second-order valence-electron chi connectivity index (χ2n) is 4.28. The van der Waals surface area contributed by atoms with E-state index in [0.29, 0.717) is 5.02 Å². The lowest BCUT2D eigenvalue weighted by atomic mass is 10.2. The van der Waals surface area contributed by atoms with Crippen LogP contribution in [0.5, 0.6) is 0 Å². The van der Waals surface area contributed by atoms with Crippen LogP contribution in [0.15, 0.2) is 46.2 Å². The van der Waals surface area contributed by atoms with E-state index in [-0.39, 0.29) is 6.61 Å². The number of aliphatic hydroxyl groups excluding tert-OH is 1. The van der Waals surface area contributed by atoms with E-state index in [1.165, 1.54) is 16.0 Å². The molecular formula is C15H15ClOS. The maximum absolute atomic E-state index is 9.36. The Hall–Kier alpha value is -0.960. The van der Waals surface area contributed by atoms with Crippen molar-refractivity contribution in [2.45, 2.75) is 30.2 Å². The summed E-state index contributed by atoms with van der Waals surface area (Å²) in [6, 6.07) is 12.0. The lowest BCUT2D eigenvalue weighted by Crippen LogP contribution is -1.89. The van der Waals surface area contributed by atoms with Gasteiger partial charge < -0.3 is 5.11 Å². The minimum Gasteiger partial charge on any atom is -0.392 e. The Morgan fingerprint density at radius 1 is 1.06 bits per heavy atom. The molecule has 0 atom stereocenters. The molecule has 0 unspecified atom stereocenters. The first-order valence-electron chi connectivity index (χ1n) is 5.74. The molecule has 0 amide bonds. The number of hydrogen-bond acceptors (Lipinski definition) is 2. The predicted octanol–water partition coefficient (Wildman–Crippen LogP) is 4.60. The van der Waals surface area contributed by atoms with Crippen LogP contribution in [0.2, 0.25) is 5.02 Å². The minimum atomic E-state index is 0.00774. The summed E-state index contributed by atoms with van der Waals surface area (Å²) in [7, 11) is 0. The number of rotatable bonds is 3. The van der Waals surface area contributed by atoms with Gasteiger partial charge in [0.2, 0.25) is 0 Å². The van der Waals surface area contributed by atoms with Crippen LogP contribution in [0.1, 0.15) is 16.7 Å². The summed E-state index contributed by atoms with van der Waals surface area (Å²) in [5, 5.41) is 10.0. The van der Waals surface area contributed by atoms with E-state index in [1.807, 2.05) is 18.2 Å². The largest absolute Gasteiger partial charge is 0.392 e. The van der Waals surface area contributed by atoms with Crippen molar-refractivity contribution in [2.24, 2.45) is 0 Å². The lowest BCUT2D eigenvalue weighted by Gasteiger charge is -2.10. The average Bonchev–Trinajstić information content (AvgIpc) is 2.34. The van der Waals surface area contributed by atoms with Crippen molar-refractivity contribution in [1.82, 2.24) is 0 Å². The molecule has 0 heterocycles. The Bertz CT molecular complexity index is 566. The van der Waals surface area contributed by atoms with E-state index in [1.54, 1.807) is 11.8 Å². The molecule has 0 aliphatic rings. The molecule has 0 aromatic heterocycles. The van der Waals surface area contributed by atoms with Gasteiger partial charge >= 0.3 is 0 Å². The van der Waals surface area contributed by atoms with E-state index in [9.17, 15) is 5.11 Å². The highest BCUT2D eigenvalue weighted by Gasteiger charge is 2.06. The zero-order chi connectivity index (χ0) is 13.1. The smallest absolute Gasteiger partial charge is 0.0693 e. The van der Waals surface area contributed by atoms with Crippen LogP contribution in [0.4, 0.5) is 0 Å². The van der Waals surface area contributed by atoms with Gasteiger partial charge in [-0.05, 0) is 49.2 Å². The fraction of sp³-hybridized carbons (Fsp3) is 0.200. The quantitative estimate of drug-likeness (QED) is 0.885. The zero-order valence-electron chi connectivity index (χ0n) is 10.4. The standard InChI is InChI=1S/C15H15ClOS/c1-10-3-5-14(11(2)7-10)18-15-6-4-13(16)8-12(15)9-17/h3-8,17H,9H2,1-2H3. The molecule has 2 rings (SSSR count). The third kappa shape index (κ3) is 3.08. The molecule has 0 saturated carbocycles. The van der Waals surface area contributed by atoms with Crippen molar-refractivity contribution in [3.8, 4) is 0 Å². The van der Waals surface area contributed by atoms with E-state index < -0.39 is 0 Å². The van der Waals surface area contributed by atoms with Gasteiger partial charge in [-0.3, -0.25) is 0 Å². The van der Waals surface area contributed by atoms with Gasteiger partial charge in [-0.1, -0.05) is 41.1 Å². The molecule has 0 aliphatic carbocycles. The summed E-state index contributed by atoms with van der Waals surface area (Å²) in [6.45, 7) is 4.20. The van der Waals surface area contributed by atoms with Crippen molar-refractivity contribution in [1.29, 1.82) is 0 Å². The summed E-state index contributed by atoms with van der Waals surface area (Å²) < 4.78 is 0. The molecule has 18 heavy (non-hydrogen) atoms. The molecule has 0 aliphatic heterocycles. The maximum atomic E-state index is 9.36. The topological polar surface area (TPSA) is 20.2 Å². The Kier molecular flexibility index (Phi) is 4.33. The summed E-state index contributed by atoms with van der Waals surface area (Å²) in [5.74, 6) is 0. The average molecular weight is 279 g/mol. The monoisotopic (exact) mass is 278 g/mol. The molecule has 3 heteroatoms. The van der Waals surface area contributed by atoms with Crippen molar-refractivity contribution >= 4 is 23.4 Å². The molecule has 1 nitrogen and oxygen atoms in total. The van der Waals surface area contributed by atoms with Crippen molar-refractivity contribution < 1.29 is 5.11 Å². The van der Waals surface area contributed by atoms with E-state index >= 15 is 0 Å². The first kappa shape index (κ1) is 13.5. The molecule has 0 spiro atoms. The number of aryl methyl sites for hydroxylation is 2. The third-order valence-electron chi connectivity index (χ3n) is 2.74. The minimum absolute atomic E-state index is 0.00774. The number of benzene rings is 2. The van der Waals surface area contributed by atoms with Crippen molar-refractivity contribution in [3.05, 3.63) is 58.1 Å². The van der Waals surface area contributed by atoms with Gasteiger partial charge in [-0.15, -0.1) is 0 Å². The Labute approximate surface area is 117 Å². The molecule has 2 aromatic rings. The molecular weight excluding hydrogens is 264 g/mol. The Balaban J connectivity index is 2.33. The van der Waals surface area contributed by atoms with Gasteiger partial charge in [0.05, 0.1) is 6.61 Å². The van der Waals surface area contributed by atoms with Gasteiger partial charge in [-0.25, -0.2) is 0 Å². The van der Waals surface area contributed by atoms with Gasteiger partial charge in [0.25, 0.3) is 0 Å². The normalized spacial score (nSPS) is 10.7. The van der Waals surface area contributed by atoms with E-state index in [0.717, 1.165) is 10.5 Å². The van der Waals surface area contributed by atoms with Gasteiger partial charge in [-0.2, -0.15) is 0 Å². The van der Waals surface area contributed by atoms with Crippen molar-refractivity contribution in [2.75, 3.05) is 0 Å². The Morgan fingerprint density at radius 2 is 1.78 bits per heavy atom. The molecule has 94 valence electrons. The van der Waals surface area contributed by atoms with Gasteiger partial charge in [0, 0.05) is 14.8 Å². The number of halogens is 1. The number of aliphatic hydroxyl groups is 1. The molecule has 1 N–H and O–H groups in total. The van der Waals surface area contributed by atoms with Gasteiger partial charge in [0.15, 0.2) is 0 Å². The van der Waals surface area contributed by atoms with Crippen LogP contribution in [0, 0.1) is 13.8 Å². The van der Waals surface area contributed by atoms with Crippen molar-refractivity contribution in [3.63, 3.8) is 0 Å². The number of hydrogen-bond donors (Lipinski definition) is 1. The van der Waals surface area contributed by atoms with Crippen LogP contribution >= 0.6 is 23.4 Å². The van der Waals surface area contributed by atoms with Crippen LogP contribution in [0.25, 0.3) is 0 Å². The summed E-state index contributed by atoms with van der Waals surface area (Å²) in [4.78, 5) is 2.26. The highest BCUT2D eigenvalue weighted by molar-refractivity contribution is 7.99. The Morgan fingerprint density at radius 3 is 2.44 bits per heavy atom. The van der Waals surface area contributed by atoms with Crippen LogP contribution < -0.4 is 0 Å². The summed E-state index contributed by atoms with van der Waals surface area (Å²) >= 11 is 7.59. The highest BCUT2D eigenvalue weighted by atomic mass is 35.5. The van der Waals surface area contributed by atoms with E-state index in [2.05, 4.69) is 32.0 Å². The second-order valence-corrected chi connectivity index (χ2v) is 5.80. The van der Waals surface area contributed by atoms with Crippen LogP contribution in [-0.2, 0) is 6.61 Å². The summed E-state index contributed by atoms with van der Waals surface area (Å²) in [5.41, 5.74) is 3.38. The molecule has 0 fully saturated rings. The first-order valence-corrected chi connectivity index (χ1v) is 6.94. The highest BCUT2D eigenvalue weighted by Crippen LogP contribution is 2.34. The second kappa shape index (κ2) is 5.79. The molecule has 0 radical (unpaired) electrons.